The number of aromatic nitrogens is 1. The highest BCUT2D eigenvalue weighted by Gasteiger charge is 2.16. The molecule has 0 bridgehead atoms. The summed E-state index contributed by atoms with van der Waals surface area (Å²) in [7, 11) is 1.64. The molecule has 0 aliphatic carbocycles. The van der Waals surface area contributed by atoms with Crippen LogP contribution >= 0.6 is 0 Å². The second-order valence-electron chi connectivity index (χ2n) is 5.65. The Hall–Kier alpha value is -2.89. The average Bonchev–Trinajstić information content (AvgIpc) is 2.92. The van der Waals surface area contributed by atoms with Gasteiger partial charge in [-0.25, -0.2) is 4.79 Å². The van der Waals surface area contributed by atoms with Gasteiger partial charge in [-0.15, -0.1) is 0 Å². The summed E-state index contributed by atoms with van der Waals surface area (Å²) in [5.41, 5.74) is 3.36. The van der Waals surface area contributed by atoms with Gasteiger partial charge in [0.05, 0.1) is 0 Å². The number of amides is 1. The van der Waals surface area contributed by atoms with Gasteiger partial charge in [0, 0.05) is 24.5 Å². The quantitative estimate of drug-likeness (QED) is 0.676. The zero-order valence-electron chi connectivity index (χ0n) is 14.2. The number of hydrogen-bond donors (Lipinski definition) is 1. The largest absolute Gasteiger partial charge is 0.451 e. The first-order valence-corrected chi connectivity index (χ1v) is 7.50. The lowest BCUT2D eigenvalue weighted by atomic mass is 10.1. The number of nitrogens with one attached hydrogen (secondary N) is 1. The van der Waals surface area contributed by atoms with Crippen molar-refractivity contribution in [2.24, 2.45) is 7.05 Å². The number of benzene rings is 1. The molecule has 2 rings (SSSR count). The molecule has 1 aromatic heterocycles. The molecule has 1 N–H and O–H groups in total. The third kappa shape index (κ3) is 3.90. The fourth-order valence-electron chi connectivity index (χ4n) is 2.24. The molecule has 0 saturated heterocycles. The summed E-state index contributed by atoms with van der Waals surface area (Å²) in [6.45, 7) is 4.88. The minimum atomic E-state index is -0.652. The van der Waals surface area contributed by atoms with Gasteiger partial charge in [-0.1, -0.05) is 12.1 Å². The Morgan fingerprint density at radius 2 is 1.92 bits per heavy atom. The standard InChI is InChI=1S/C18H20N2O4/c1-11-6-5-7-15(12(11)2)19-17(22)10-24-18(23)16-8-14(13(3)21)9-20(16)4/h5-9H,10H2,1-4H3,(H,19,22). The number of rotatable bonds is 5. The van der Waals surface area contributed by atoms with Crippen LogP contribution < -0.4 is 5.32 Å². The topological polar surface area (TPSA) is 77.4 Å². The van der Waals surface area contributed by atoms with Crippen molar-refractivity contribution >= 4 is 23.3 Å². The van der Waals surface area contributed by atoms with Crippen LogP contribution in [0.1, 0.15) is 38.9 Å². The molecule has 1 amide bonds. The molecule has 1 aromatic carbocycles. The van der Waals surface area contributed by atoms with Gasteiger partial charge in [0.1, 0.15) is 5.69 Å². The number of Topliss-reactive ketones (excluding diaryl/α,β-unsaturated/α-hetero) is 1. The van der Waals surface area contributed by atoms with Crippen molar-refractivity contribution in [3.8, 4) is 0 Å². The number of carbonyl (C=O) groups is 3. The van der Waals surface area contributed by atoms with E-state index >= 15 is 0 Å². The molecule has 6 heteroatoms. The molecule has 2 aromatic rings. The van der Waals surface area contributed by atoms with Gasteiger partial charge in [0.15, 0.2) is 12.4 Å². The first kappa shape index (κ1) is 17.5. The minimum absolute atomic E-state index is 0.141. The number of esters is 1. The van der Waals surface area contributed by atoms with E-state index in [4.69, 9.17) is 4.74 Å². The van der Waals surface area contributed by atoms with Crippen LogP contribution in [-0.4, -0.2) is 28.8 Å². The second kappa shape index (κ2) is 7.12. The first-order chi connectivity index (χ1) is 11.3. The van der Waals surface area contributed by atoms with Gasteiger partial charge in [0.25, 0.3) is 5.91 Å². The van der Waals surface area contributed by atoms with Crippen molar-refractivity contribution in [2.75, 3.05) is 11.9 Å². The van der Waals surface area contributed by atoms with Crippen molar-refractivity contribution in [3.05, 3.63) is 52.8 Å². The number of ketones is 1. The number of hydrogen-bond acceptors (Lipinski definition) is 4. The zero-order chi connectivity index (χ0) is 17.9. The van der Waals surface area contributed by atoms with Crippen LogP contribution in [0.5, 0.6) is 0 Å². The summed E-state index contributed by atoms with van der Waals surface area (Å²) in [6, 6.07) is 7.04. The molecule has 0 saturated carbocycles. The predicted molar refractivity (Wildman–Crippen MR) is 90.2 cm³/mol. The number of carbonyl (C=O) groups excluding carboxylic acids is 3. The Bertz CT molecular complexity index is 805. The van der Waals surface area contributed by atoms with Crippen molar-refractivity contribution < 1.29 is 19.1 Å². The normalized spacial score (nSPS) is 10.3. The zero-order valence-corrected chi connectivity index (χ0v) is 14.2. The molecule has 0 unspecified atom stereocenters. The third-order valence-corrected chi connectivity index (χ3v) is 3.83. The summed E-state index contributed by atoms with van der Waals surface area (Å²) in [5.74, 6) is -1.21. The summed E-state index contributed by atoms with van der Waals surface area (Å²) in [4.78, 5) is 35.3. The maximum absolute atomic E-state index is 12.0. The van der Waals surface area contributed by atoms with E-state index in [9.17, 15) is 14.4 Å². The summed E-state index contributed by atoms with van der Waals surface area (Å²) >= 11 is 0. The van der Waals surface area contributed by atoms with Crippen LogP contribution in [0, 0.1) is 13.8 Å². The summed E-state index contributed by atoms with van der Waals surface area (Å²) < 4.78 is 6.52. The molecule has 0 fully saturated rings. The highest BCUT2D eigenvalue weighted by molar-refractivity contribution is 5.99. The highest BCUT2D eigenvalue weighted by Crippen LogP contribution is 2.17. The lowest BCUT2D eigenvalue weighted by Gasteiger charge is -2.10. The Morgan fingerprint density at radius 1 is 1.21 bits per heavy atom. The van der Waals surface area contributed by atoms with Crippen LogP contribution in [0.2, 0.25) is 0 Å². The van der Waals surface area contributed by atoms with Crippen molar-refractivity contribution in [1.29, 1.82) is 0 Å². The van der Waals surface area contributed by atoms with E-state index in [1.807, 2.05) is 26.0 Å². The van der Waals surface area contributed by atoms with Crippen molar-refractivity contribution in [3.63, 3.8) is 0 Å². The molecule has 0 atom stereocenters. The van der Waals surface area contributed by atoms with E-state index in [1.165, 1.54) is 17.6 Å². The second-order valence-corrected chi connectivity index (χ2v) is 5.65. The maximum atomic E-state index is 12.0. The SMILES string of the molecule is CC(=O)c1cc(C(=O)OCC(=O)Nc2cccc(C)c2C)n(C)c1. The number of nitrogens with zero attached hydrogens (tertiary/aromatic N) is 1. The smallest absolute Gasteiger partial charge is 0.355 e. The number of ether oxygens (including phenoxy) is 1. The third-order valence-electron chi connectivity index (χ3n) is 3.83. The molecule has 0 aliphatic rings. The van der Waals surface area contributed by atoms with E-state index in [1.54, 1.807) is 19.3 Å². The monoisotopic (exact) mass is 328 g/mol. The fraction of sp³-hybridized carbons (Fsp3) is 0.278. The van der Waals surface area contributed by atoms with E-state index < -0.39 is 18.5 Å². The van der Waals surface area contributed by atoms with Crippen molar-refractivity contribution in [1.82, 2.24) is 4.57 Å². The van der Waals surface area contributed by atoms with E-state index in [2.05, 4.69) is 5.32 Å². The average molecular weight is 328 g/mol. The lowest BCUT2D eigenvalue weighted by molar-refractivity contribution is -0.119. The fourth-order valence-corrected chi connectivity index (χ4v) is 2.24. The van der Waals surface area contributed by atoms with Gasteiger partial charge in [-0.3, -0.25) is 9.59 Å². The molecule has 1 heterocycles. The molecule has 0 aliphatic heterocycles. The van der Waals surface area contributed by atoms with E-state index in [-0.39, 0.29) is 11.5 Å². The Morgan fingerprint density at radius 3 is 2.54 bits per heavy atom. The number of anilines is 1. The molecule has 126 valence electrons. The summed E-state index contributed by atoms with van der Waals surface area (Å²) in [6.07, 6.45) is 1.55. The molecule has 0 spiro atoms. The van der Waals surface area contributed by atoms with Gasteiger partial charge in [0.2, 0.25) is 0 Å². The number of aryl methyl sites for hydroxylation is 2. The van der Waals surface area contributed by atoms with Gasteiger partial charge in [-0.2, -0.15) is 0 Å². The van der Waals surface area contributed by atoms with Gasteiger partial charge >= 0.3 is 5.97 Å². The molecule has 0 radical (unpaired) electrons. The van der Waals surface area contributed by atoms with Crippen LogP contribution in [0.25, 0.3) is 0 Å². The maximum Gasteiger partial charge on any atom is 0.355 e. The van der Waals surface area contributed by atoms with Crippen LogP contribution in [0.3, 0.4) is 0 Å². The Kier molecular flexibility index (Phi) is 5.18. The lowest BCUT2D eigenvalue weighted by Crippen LogP contribution is -2.22. The summed E-state index contributed by atoms with van der Waals surface area (Å²) in [5, 5.41) is 2.72. The molecular formula is C18H20N2O4. The highest BCUT2D eigenvalue weighted by atomic mass is 16.5. The van der Waals surface area contributed by atoms with Crippen molar-refractivity contribution in [2.45, 2.75) is 20.8 Å². The van der Waals surface area contributed by atoms with Crippen LogP contribution in [0.15, 0.2) is 30.5 Å². The van der Waals surface area contributed by atoms with E-state index in [0.717, 1.165) is 11.1 Å². The van der Waals surface area contributed by atoms with Crippen LogP contribution in [0.4, 0.5) is 5.69 Å². The van der Waals surface area contributed by atoms with Crippen LogP contribution in [-0.2, 0) is 16.6 Å². The minimum Gasteiger partial charge on any atom is -0.451 e. The van der Waals surface area contributed by atoms with E-state index in [0.29, 0.717) is 11.3 Å². The molecular weight excluding hydrogens is 308 g/mol. The Balaban J connectivity index is 1.97. The molecule has 24 heavy (non-hydrogen) atoms. The van der Waals surface area contributed by atoms with Gasteiger partial charge in [-0.05, 0) is 44.0 Å². The first-order valence-electron chi connectivity index (χ1n) is 7.50. The Labute approximate surface area is 140 Å². The van der Waals surface area contributed by atoms with Gasteiger partial charge < -0.3 is 14.6 Å². The molecule has 6 nitrogen and oxygen atoms in total. The predicted octanol–water partition coefficient (Wildman–Crippen LogP) is 2.64.